The molecule has 2 amide bonds. The normalized spacial score (nSPS) is 15.4. The third-order valence-corrected chi connectivity index (χ3v) is 3.60. The van der Waals surface area contributed by atoms with Gasteiger partial charge in [0.25, 0.3) is 0 Å². The van der Waals surface area contributed by atoms with Crippen LogP contribution in [0.5, 0.6) is 11.5 Å². The third kappa shape index (κ3) is 3.16. The topological polar surface area (TPSA) is 68.3 Å². The first kappa shape index (κ1) is 15.0. The molecule has 3 rings (SSSR count). The van der Waals surface area contributed by atoms with Crippen LogP contribution in [0.4, 0.5) is 4.79 Å². The van der Waals surface area contributed by atoms with Gasteiger partial charge in [-0.3, -0.25) is 4.79 Å². The fraction of sp³-hybridized carbons (Fsp3) is 0.375. The predicted octanol–water partition coefficient (Wildman–Crippen LogP) is 1.18. The Morgan fingerprint density at radius 2 is 2.00 bits per heavy atom. The zero-order valence-corrected chi connectivity index (χ0v) is 12.5. The number of fused-ring (bicyclic) bond motifs is 1. The molecule has 2 aliphatic heterocycles. The van der Waals surface area contributed by atoms with Gasteiger partial charge >= 0.3 is 6.09 Å². The molecule has 2 heterocycles. The highest BCUT2D eigenvalue weighted by molar-refractivity contribution is 5.82. The second-order valence-corrected chi connectivity index (χ2v) is 5.12. The Labute approximate surface area is 133 Å². The van der Waals surface area contributed by atoms with Crippen LogP contribution in [0.3, 0.4) is 0 Å². The number of ether oxygens (including phenoxy) is 3. The maximum absolute atomic E-state index is 12.5. The Kier molecular flexibility index (Phi) is 4.24. The fourth-order valence-corrected chi connectivity index (χ4v) is 2.56. The number of amides is 2. The molecule has 0 atom stereocenters. The molecule has 2 aliphatic rings. The molecule has 7 heteroatoms. The highest BCUT2D eigenvalue weighted by Crippen LogP contribution is 2.32. The lowest BCUT2D eigenvalue weighted by Crippen LogP contribution is -2.45. The maximum Gasteiger partial charge on any atom is 0.429 e. The number of carbonyl (C=O) groups is 2. The van der Waals surface area contributed by atoms with Gasteiger partial charge in [0, 0.05) is 13.1 Å². The van der Waals surface area contributed by atoms with E-state index in [0.717, 1.165) is 5.56 Å². The molecular formula is C16H16N2O5. The van der Waals surface area contributed by atoms with E-state index < -0.39 is 6.09 Å². The van der Waals surface area contributed by atoms with E-state index in [2.05, 4.69) is 5.92 Å². The number of benzene rings is 1. The monoisotopic (exact) mass is 316 g/mol. The molecule has 1 aromatic rings. The molecular weight excluding hydrogens is 300 g/mol. The first-order valence-electron chi connectivity index (χ1n) is 7.25. The molecule has 23 heavy (non-hydrogen) atoms. The van der Waals surface area contributed by atoms with Crippen molar-refractivity contribution in [2.24, 2.45) is 0 Å². The Morgan fingerprint density at radius 3 is 2.83 bits per heavy atom. The number of rotatable bonds is 3. The van der Waals surface area contributed by atoms with Gasteiger partial charge in [-0.2, -0.15) is 0 Å². The van der Waals surface area contributed by atoms with Gasteiger partial charge in [-0.05, 0) is 24.1 Å². The van der Waals surface area contributed by atoms with E-state index in [1.54, 1.807) is 12.1 Å². The van der Waals surface area contributed by atoms with Gasteiger partial charge in [-0.15, -0.1) is 6.42 Å². The van der Waals surface area contributed by atoms with E-state index >= 15 is 0 Å². The Balaban J connectivity index is 1.65. The number of hydrogen-bond donors (Lipinski definition) is 0. The van der Waals surface area contributed by atoms with Crippen LogP contribution in [0.1, 0.15) is 12.0 Å². The number of hydrogen-bond acceptors (Lipinski definition) is 5. The number of terminal acetylenes is 1. The van der Waals surface area contributed by atoms with Gasteiger partial charge in [0.15, 0.2) is 18.1 Å². The fourth-order valence-electron chi connectivity index (χ4n) is 2.56. The maximum atomic E-state index is 12.5. The number of hydrazine groups is 1. The molecule has 0 spiro atoms. The smallest absolute Gasteiger partial charge is 0.429 e. The Hall–Kier alpha value is -2.88. The minimum Gasteiger partial charge on any atom is -0.454 e. The summed E-state index contributed by atoms with van der Waals surface area (Å²) in [7, 11) is 0. The first-order chi connectivity index (χ1) is 11.2. The van der Waals surface area contributed by atoms with Crippen molar-refractivity contribution in [2.45, 2.75) is 12.8 Å². The first-order valence-corrected chi connectivity index (χ1v) is 7.25. The van der Waals surface area contributed by atoms with Gasteiger partial charge < -0.3 is 14.2 Å². The van der Waals surface area contributed by atoms with Crippen molar-refractivity contribution in [3.8, 4) is 23.8 Å². The summed E-state index contributed by atoms with van der Waals surface area (Å²) >= 11 is 0. The second-order valence-electron chi connectivity index (χ2n) is 5.12. The van der Waals surface area contributed by atoms with Crippen LogP contribution in [0, 0.1) is 12.3 Å². The summed E-state index contributed by atoms with van der Waals surface area (Å²) in [5.74, 6) is 3.34. The predicted molar refractivity (Wildman–Crippen MR) is 79.5 cm³/mol. The van der Waals surface area contributed by atoms with Gasteiger partial charge in [0.2, 0.25) is 12.7 Å². The summed E-state index contributed by atoms with van der Waals surface area (Å²) in [4.78, 5) is 24.4. The third-order valence-electron chi connectivity index (χ3n) is 3.60. The minimum atomic E-state index is -0.598. The van der Waals surface area contributed by atoms with Crippen molar-refractivity contribution in [3.05, 3.63) is 23.8 Å². The van der Waals surface area contributed by atoms with E-state index in [4.69, 9.17) is 20.6 Å². The lowest BCUT2D eigenvalue weighted by atomic mass is 10.1. The van der Waals surface area contributed by atoms with E-state index in [1.807, 2.05) is 6.07 Å². The zero-order chi connectivity index (χ0) is 16.2. The van der Waals surface area contributed by atoms with Crippen molar-refractivity contribution < 1.29 is 23.8 Å². The quantitative estimate of drug-likeness (QED) is 0.783. The number of nitrogens with zero attached hydrogens (tertiary/aromatic N) is 2. The Morgan fingerprint density at radius 1 is 1.22 bits per heavy atom. The van der Waals surface area contributed by atoms with E-state index in [-0.39, 0.29) is 25.7 Å². The molecule has 0 N–H and O–H groups in total. The molecule has 0 bridgehead atoms. The van der Waals surface area contributed by atoms with Gasteiger partial charge in [0.1, 0.15) is 0 Å². The summed E-state index contributed by atoms with van der Waals surface area (Å²) in [5.41, 5.74) is 0.795. The highest BCUT2D eigenvalue weighted by Gasteiger charge is 2.31. The van der Waals surface area contributed by atoms with Crippen molar-refractivity contribution in [1.29, 1.82) is 0 Å². The van der Waals surface area contributed by atoms with Crippen LogP contribution in [0.25, 0.3) is 0 Å². The molecule has 0 radical (unpaired) electrons. The molecule has 0 saturated carbocycles. The summed E-state index contributed by atoms with van der Waals surface area (Å²) in [6.45, 7) is 0.998. The van der Waals surface area contributed by atoms with E-state index in [9.17, 15) is 9.59 Å². The molecule has 120 valence electrons. The van der Waals surface area contributed by atoms with Gasteiger partial charge in [-0.25, -0.2) is 14.8 Å². The van der Waals surface area contributed by atoms with E-state index in [1.165, 1.54) is 10.0 Å². The summed E-state index contributed by atoms with van der Waals surface area (Å²) < 4.78 is 15.4. The highest BCUT2D eigenvalue weighted by atomic mass is 16.7. The van der Waals surface area contributed by atoms with Crippen molar-refractivity contribution >= 4 is 12.0 Å². The summed E-state index contributed by atoms with van der Waals surface area (Å²) in [6, 6.07) is 5.35. The average molecular weight is 316 g/mol. The molecule has 1 saturated heterocycles. The molecule has 7 nitrogen and oxygen atoms in total. The van der Waals surface area contributed by atoms with Crippen molar-refractivity contribution in [3.63, 3.8) is 0 Å². The molecule has 0 aliphatic carbocycles. The molecule has 0 aromatic heterocycles. The van der Waals surface area contributed by atoms with Crippen LogP contribution in [-0.2, 0) is 16.0 Å². The van der Waals surface area contributed by atoms with Gasteiger partial charge in [0.05, 0.1) is 6.42 Å². The van der Waals surface area contributed by atoms with Crippen LogP contribution in [0.15, 0.2) is 18.2 Å². The van der Waals surface area contributed by atoms with Crippen molar-refractivity contribution in [2.75, 3.05) is 26.5 Å². The molecule has 1 fully saturated rings. The number of carbonyl (C=O) groups excluding carboxylic acids is 2. The van der Waals surface area contributed by atoms with Crippen LogP contribution in [-0.4, -0.2) is 48.5 Å². The molecule has 1 aromatic carbocycles. The lowest BCUT2D eigenvalue weighted by Gasteiger charge is -2.26. The minimum absolute atomic E-state index is 0.112. The lowest BCUT2D eigenvalue weighted by molar-refractivity contribution is -0.140. The van der Waals surface area contributed by atoms with Crippen LogP contribution < -0.4 is 9.47 Å². The summed E-state index contributed by atoms with van der Waals surface area (Å²) in [6.07, 6.45) is 5.34. The summed E-state index contributed by atoms with van der Waals surface area (Å²) in [5, 5.41) is 2.70. The average Bonchev–Trinajstić information content (AvgIpc) is 3.20. The SMILES string of the molecule is C#CCOC(=O)N1CCCN1C(=O)Cc1ccc2c(c1)OCO2. The second kappa shape index (κ2) is 6.48. The Bertz CT molecular complexity index is 667. The van der Waals surface area contributed by atoms with Crippen LogP contribution in [0.2, 0.25) is 0 Å². The largest absolute Gasteiger partial charge is 0.454 e. The zero-order valence-electron chi connectivity index (χ0n) is 12.5. The standard InChI is InChI=1S/C16H16N2O5/c1-2-8-21-16(20)18-7-3-6-17(18)15(19)10-12-4-5-13-14(9-12)23-11-22-13/h1,4-5,9H,3,6-8,10-11H2. The molecule has 0 unspecified atom stereocenters. The van der Waals surface area contributed by atoms with Crippen molar-refractivity contribution in [1.82, 2.24) is 10.0 Å². The van der Waals surface area contributed by atoms with Gasteiger partial charge in [-0.1, -0.05) is 12.0 Å². The van der Waals surface area contributed by atoms with Crippen LogP contribution >= 0.6 is 0 Å². The van der Waals surface area contributed by atoms with E-state index in [0.29, 0.717) is 31.0 Å².